The maximum absolute atomic E-state index is 5.76. The molecular formula is C13H16N6. The summed E-state index contributed by atoms with van der Waals surface area (Å²) in [5.74, 6) is 1.15. The van der Waals surface area contributed by atoms with Crippen molar-refractivity contribution in [1.29, 1.82) is 0 Å². The van der Waals surface area contributed by atoms with Crippen molar-refractivity contribution in [2.75, 3.05) is 17.6 Å². The third-order valence-corrected chi connectivity index (χ3v) is 3.13. The fraction of sp³-hybridized carbons (Fsp3) is 0.308. The van der Waals surface area contributed by atoms with Crippen LogP contribution in [0.3, 0.4) is 0 Å². The fourth-order valence-electron chi connectivity index (χ4n) is 2.20. The standard InChI is InChI=1S/C13H16N6/c14-13-18-11-3-5-16-8-10(11)12(19-13)17-7-9-2-1-4-15-6-9/h1-2,4,6,16H,3,5,7-8H2,(H3,14,17,18,19). The third-order valence-electron chi connectivity index (χ3n) is 3.13. The zero-order chi connectivity index (χ0) is 13.1. The number of pyridine rings is 1. The van der Waals surface area contributed by atoms with Gasteiger partial charge in [-0.15, -0.1) is 0 Å². The van der Waals surface area contributed by atoms with Gasteiger partial charge >= 0.3 is 0 Å². The SMILES string of the molecule is Nc1nc2c(c(NCc3cccnc3)n1)CNCC2. The van der Waals surface area contributed by atoms with Crippen molar-refractivity contribution >= 4 is 11.8 Å². The molecule has 0 spiro atoms. The number of hydrogen-bond donors (Lipinski definition) is 3. The van der Waals surface area contributed by atoms with Crippen LogP contribution in [0.5, 0.6) is 0 Å². The van der Waals surface area contributed by atoms with E-state index >= 15 is 0 Å². The van der Waals surface area contributed by atoms with E-state index in [1.165, 1.54) is 0 Å². The van der Waals surface area contributed by atoms with Crippen molar-refractivity contribution in [3.05, 3.63) is 41.3 Å². The number of nitrogens with one attached hydrogen (secondary N) is 2. The average Bonchev–Trinajstić information content (AvgIpc) is 2.45. The van der Waals surface area contributed by atoms with E-state index in [1.54, 1.807) is 6.20 Å². The Labute approximate surface area is 111 Å². The van der Waals surface area contributed by atoms with E-state index < -0.39 is 0 Å². The van der Waals surface area contributed by atoms with Crippen LogP contribution in [0.25, 0.3) is 0 Å². The van der Waals surface area contributed by atoms with Crippen molar-refractivity contribution in [3.63, 3.8) is 0 Å². The van der Waals surface area contributed by atoms with E-state index in [0.29, 0.717) is 12.5 Å². The lowest BCUT2D eigenvalue weighted by atomic mass is 10.1. The van der Waals surface area contributed by atoms with Crippen LogP contribution in [0.4, 0.5) is 11.8 Å². The number of fused-ring (bicyclic) bond motifs is 1. The average molecular weight is 256 g/mol. The molecule has 6 heteroatoms. The molecule has 1 aliphatic heterocycles. The lowest BCUT2D eigenvalue weighted by Gasteiger charge is -2.19. The molecule has 3 rings (SSSR count). The van der Waals surface area contributed by atoms with Crippen LogP contribution in [-0.4, -0.2) is 21.5 Å². The minimum atomic E-state index is 0.328. The van der Waals surface area contributed by atoms with Gasteiger partial charge in [-0.05, 0) is 11.6 Å². The highest BCUT2D eigenvalue weighted by molar-refractivity contribution is 5.50. The monoisotopic (exact) mass is 256 g/mol. The molecule has 0 aliphatic carbocycles. The summed E-state index contributed by atoms with van der Waals surface area (Å²) in [7, 11) is 0. The summed E-state index contributed by atoms with van der Waals surface area (Å²) in [6.07, 6.45) is 4.49. The lowest BCUT2D eigenvalue weighted by Crippen LogP contribution is -2.26. The van der Waals surface area contributed by atoms with Crippen molar-refractivity contribution in [1.82, 2.24) is 20.3 Å². The van der Waals surface area contributed by atoms with Gasteiger partial charge in [0.15, 0.2) is 0 Å². The first-order chi connectivity index (χ1) is 9.33. The molecule has 2 aromatic heterocycles. The molecule has 19 heavy (non-hydrogen) atoms. The summed E-state index contributed by atoms with van der Waals surface area (Å²) in [6.45, 7) is 2.40. The molecular weight excluding hydrogens is 240 g/mol. The number of nitrogens with two attached hydrogens (primary N) is 1. The second-order valence-electron chi connectivity index (χ2n) is 4.50. The number of rotatable bonds is 3. The van der Waals surface area contributed by atoms with E-state index in [2.05, 4.69) is 25.6 Å². The molecule has 4 N–H and O–H groups in total. The van der Waals surface area contributed by atoms with Gasteiger partial charge in [0.05, 0.1) is 5.69 Å². The lowest BCUT2D eigenvalue weighted by molar-refractivity contribution is 0.628. The van der Waals surface area contributed by atoms with Crippen molar-refractivity contribution in [2.24, 2.45) is 0 Å². The minimum Gasteiger partial charge on any atom is -0.368 e. The van der Waals surface area contributed by atoms with Gasteiger partial charge in [-0.25, -0.2) is 4.98 Å². The number of nitrogen functional groups attached to an aromatic ring is 1. The highest BCUT2D eigenvalue weighted by Crippen LogP contribution is 2.21. The summed E-state index contributed by atoms with van der Waals surface area (Å²) in [5, 5.41) is 6.64. The molecule has 98 valence electrons. The van der Waals surface area contributed by atoms with Crippen LogP contribution >= 0.6 is 0 Å². The molecule has 0 unspecified atom stereocenters. The van der Waals surface area contributed by atoms with E-state index in [0.717, 1.165) is 42.1 Å². The van der Waals surface area contributed by atoms with Crippen LogP contribution in [0.15, 0.2) is 24.5 Å². The first-order valence-corrected chi connectivity index (χ1v) is 6.31. The van der Waals surface area contributed by atoms with Crippen LogP contribution in [-0.2, 0) is 19.5 Å². The van der Waals surface area contributed by atoms with Crippen LogP contribution in [0.2, 0.25) is 0 Å². The smallest absolute Gasteiger partial charge is 0.222 e. The largest absolute Gasteiger partial charge is 0.368 e. The van der Waals surface area contributed by atoms with Crippen LogP contribution < -0.4 is 16.4 Å². The molecule has 0 radical (unpaired) electrons. The van der Waals surface area contributed by atoms with E-state index in [-0.39, 0.29) is 0 Å². The molecule has 0 amide bonds. The summed E-state index contributed by atoms with van der Waals surface area (Å²) < 4.78 is 0. The first kappa shape index (κ1) is 11.9. The molecule has 0 saturated carbocycles. The zero-order valence-corrected chi connectivity index (χ0v) is 10.6. The molecule has 0 aromatic carbocycles. The Morgan fingerprint density at radius 2 is 2.32 bits per heavy atom. The second kappa shape index (κ2) is 5.19. The van der Waals surface area contributed by atoms with Gasteiger partial charge in [0, 0.05) is 44.0 Å². The van der Waals surface area contributed by atoms with Gasteiger partial charge in [-0.2, -0.15) is 4.98 Å². The minimum absolute atomic E-state index is 0.328. The Kier molecular flexibility index (Phi) is 3.24. The van der Waals surface area contributed by atoms with Crippen molar-refractivity contribution in [2.45, 2.75) is 19.5 Å². The first-order valence-electron chi connectivity index (χ1n) is 6.31. The topological polar surface area (TPSA) is 88.8 Å². The van der Waals surface area contributed by atoms with Crippen molar-refractivity contribution in [3.8, 4) is 0 Å². The highest BCUT2D eigenvalue weighted by atomic mass is 15.1. The number of hydrogen-bond acceptors (Lipinski definition) is 6. The maximum atomic E-state index is 5.76. The number of aromatic nitrogens is 3. The van der Waals surface area contributed by atoms with Gasteiger partial charge in [0.25, 0.3) is 0 Å². The van der Waals surface area contributed by atoms with Gasteiger partial charge in [-0.3, -0.25) is 4.98 Å². The molecule has 0 saturated heterocycles. The van der Waals surface area contributed by atoms with Gasteiger partial charge < -0.3 is 16.4 Å². The Balaban J connectivity index is 1.82. The van der Waals surface area contributed by atoms with E-state index in [9.17, 15) is 0 Å². The van der Waals surface area contributed by atoms with Gasteiger partial charge in [0.1, 0.15) is 5.82 Å². The molecule has 3 heterocycles. The van der Waals surface area contributed by atoms with Crippen molar-refractivity contribution < 1.29 is 0 Å². The summed E-state index contributed by atoms with van der Waals surface area (Å²) in [4.78, 5) is 12.7. The highest BCUT2D eigenvalue weighted by Gasteiger charge is 2.16. The maximum Gasteiger partial charge on any atom is 0.222 e. The predicted octanol–water partition coefficient (Wildman–Crippen LogP) is 0.712. The van der Waals surface area contributed by atoms with E-state index in [1.807, 2.05) is 18.3 Å². The van der Waals surface area contributed by atoms with E-state index in [4.69, 9.17) is 5.73 Å². The van der Waals surface area contributed by atoms with Gasteiger partial charge in [-0.1, -0.05) is 6.07 Å². The molecule has 1 aliphatic rings. The van der Waals surface area contributed by atoms with Crippen LogP contribution in [0.1, 0.15) is 16.8 Å². The normalized spacial score (nSPS) is 13.9. The Bertz CT molecular complexity index is 569. The predicted molar refractivity (Wildman–Crippen MR) is 73.4 cm³/mol. The Hall–Kier alpha value is -2.21. The molecule has 0 bridgehead atoms. The summed E-state index contributed by atoms with van der Waals surface area (Å²) in [6, 6.07) is 3.94. The number of nitrogens with zero attached hydrogens (tertiary/aromatic N) is 3. The second-order valence-corrected chi connectivity index (χ2v) is 4.50. The molecule has 6 nitrogen and oxygen atoms in total. The Morgan fingerprint density at radius 3 is 3.16 bits per heavy atom. The quantitative estimate of drug-likeness (QED) is 0.749. The summed E-state index contributed by atoms with van der Waals surface area (Å²) >= 11 is 0. The molecule has 0 fully saturated rings. The van der Waals surface area contributed by atoms with Gasteiger partial charge in [0.2, 0.25) is 5.95 Å². The molecule has 0 atom stereocenters. The number of anilines is 2. The summed E-state index contributed by atoms with van der Waals surface area (Å²) in [5.41, 5.74) is 9.02. The third kappa shape index (κ3) is 2.63. The molecule has 2 aromatic rings. The Morgan fingerprint density at radius 1 is 1.37 bits per heavy atom. The fourth-order valence-corrected chi connectivity index (χ4v) is 2.20. The van der Waals surface area contributed by atoms with Crippen LogP contribution in [0, 0.1) is 0 Å². The zero-order valence-electron chi connectivity index (χ0n) is 10.6.